The maximum atomic E-state index is 10.5. The maximum absolute atomic E-state index is 10.5. The second-order valence-electron chi connectivity index (χ2n) is 3.81. The van der Waals surface area contributed by atoms with Crippen molar-refractivity contribution < 1.29 is 39.5 Å². The Morgan fingerprint density at radius 1 is 1.31 bits per heavy atom. The minimum atomic E-state index is -0.956. The summed E-state index contributed by atoms with van der Waals surface area (Å²) in [6.45, 7) is 0.487. The van der Waals surface area contributed by atoms with E-state index in [2.05, 4.69) is 0 Å². The largest absolute Gasteiger partial charge is 1.00 e. The van der Waals surface area contributed by atoms with E-state index in [-0.39, 0.29) is 41.4 Å². The van der Waals surface area contributed by atoms with E-state index in [1.807, 2.05) is 0 Å². The maximum Gasteiger partial charge on any atom is 1.00 e. The molecule has 70 valence electrons. The molecular formula is C9H16NNaO2. The summed E-state index contributed by atoms with van der Waals surface area (Å²) in [5.41, 5.74) is 5.45. The molecule has 0 bridgehead atoms. The Balaban J connectivity index is 0.00000144. The first-order chi connectivity index (χ1) is 5.68. The van der Waals surface area contributed by atoms with Gasteiger partial charge in [-0.1, -0.05) is 19.3 Å². The standard InChI is InChI=1S/C9H17NO2.Na/c10-7-9(6-8(11)12)4-2-1-3-5-9;/h1-7,10H2,(H,11,12);/q;+1/p-1. The van der Waals surface area contributed by atoms with Crippen molar-refractivity contribution in [1.82, 2.24) is 0 Å². The first kappa shape index (κ1) is 13.4. The van der Waals surface area contributed by atoms with Gasteiger partial charge in [-0.25, -0.2) is 0 Å². The van der Waals surface area contributed by atoms with E-state index >= 15 is 0 Å². The third-order valence-electron chi connectivity index (χ3n) is 2.87. The van der Waals surface area contributed by atoms with E-state index < -0.39 is 5.97 Å². The molecule has 0 heterocycles. The zero-order chi connectivity index (χ0) is 9.03. The summed E-state index contributed by atoms with van der Waals surface area (Å²) in [5.74, 6) is -0.956. The molecule has 0 radical (unpaired) electrons. The van der Waals surface area contributed by atoms with Crippen LogP contribution >= 0.6 is 0 Å². The second kappa shape index (κ2) is 6.02. The fraction of sp³-hybridized carbons (Fsp3) is 0.889. The molecule has 0 aromatic rings. The average molecular weight is 193 g/mol. The van der Waals surface area contributed by atoms with E-state index in [0.29, 0.717) is 6.54 Å². The molecule has 0 atom stereocenters. The summed E-state index contributed by atoms with van der Waals surface area (Å²) in [4.78, 5) is 10.5. The first-order valence-corrected chi connectivity index (χ1v) is 4.58. The summed E-state index contributed by atoms with van der Waals surface area (Å²) in [7, 11) is 0. The summed E-state index contributed by atoms with van der Waals surface area (Å²) in [6, 6.07) is 0. The monoisotopic (exact) mass is 193 g/mol. The molecule has 1 saturated carbocycles. The third kappa shape index (κ3) is 3.98. The van der Waals surface area contributed by atoms with Gasteiger partial charge in [-0.3, -0.25) is 0 Å². The number of carboxylic acids is 1. The van der Waals surface area contributed by atoms with Crippen LogP contribution in [0.25, 0.3) is 0 Å². The van der Waals surface area contributed by atoms with Gasteiger partial charge in [0.05, 0.1) is 0 Å². The Bertz CT molecular complexity index is 167. The van der Waals surface area contributed by atoms with Gasteiger partial charge in [0.25, 0.3) is 0 Å². The molecule has 0 unspecified atom stereocenters. The molecule has 1 rings (SSSR count). The summed E-state index contributed by atoms with van der Waals surface area (Å²) < 4.78 is 0. The molecule has 1 aliphatic carbocycles. The fourth-order valence-electron chi connectivity index (χ4n) is 2.06. The second-order valence-corrected chi connectivity index (χ2v) is 3.81. The zero-order valence-corrected chi connectivity index (χ0v) is 10.3. The molecule has 0 aromatic carbocycles. The Morgan fingerprint density at radius 3 is 2.23 bits per heavy atom. The number of hydrogen-bond acceptors (Lipinski definition) is 3. The molecule has 0 spiro atoms. The normalized spacial score (nSPS) is 20.4. The molecule has 4 heteroatoms. The van der Waals surface area contributed by atoms with Crippen LogP contribution in [-0.4, -0.2) is 12.5 Å². The van der Waals surface area contributed by atoms with Crippen LogP contribution in [0.3, 0.4) is 0 Å². The molecule has 0 aliphatic heterocycles. The van der Waals surface area contributed by atoms with Crippen molar-refractivity contribution in [2.24, 2.45) is 11.1 Å². The molecule has 1 fully saturated rings. The van der Waals surface area contributed by atoms with Gasteiger partial charge in [-0.05, 0) is 31.2 Å². The fourth-order valence-corrected chi connectivity index (χ4v) is 2.06. The number of carboxylic acid groups (broad SMARTS) is 1. The molecule has 0 saturated heterocycles. The zero-order valence-electron chi connectivity index (χ0n) is 8.34. The van der Waals surface area contributed by atoms with Crippen molar-refractivity contribution in [3.63, 3.8) is 0 Å². The molecule has 3 nitrogen and oxygen atoms in total. The number of carbonyl (C=O) groups is 1. The van der Waals surface area contributed by atoms with Crippen LogP contribution in [0.5, 0.6) is 0 Å². The van der Waals surface area contributed by atoms with Crippen LogP contribution in [0.1, 0.15) is 38.5 Å². The van der Waals surface area contributed by atoms with Gasteiger partial charge >= 0.3 is 29.6 Å². The van der Waals surface area contributed by atoms with Crippen molar-refractivity contribution in [3.05, 3.63) is 0 Å². The quantitative estimate of drug-likeness (QED) is 0.487. The van der Waals surface area contributed by atoms with Crippen LogP contribution in [0.15, 0.2) is 0 Å². The van der Waals surface area contributed by atoms with Gasteiger partial charge < -0.3 is 15.6 Å². The Morgan fingerprint density at radius 2 is 1.85 bits per heavy atom. The molecule has 13 heavy (non-hydrogen) atoms. The first-order valence-electron chi connectivity index (χ1n) is 4.58. The number of rotatable bonds is 3. The van der Waals surface area contributed by atoms with E-state index in [0.717, 1.165) is 25.7 Å². The van der Waals surface area contributed by atoms with Crippen molar-refractivity contribution in [1.29, 1.82) is 0 Å². The van der Waals surface area contributed by atoms with Gasteiger partial charge in [0, 0.05) is 5.97 Å². The average Bonchev–Trinajstić information content (AvgIpc) is 2.05. The Kier molecular flexibility index (Phi) is 6.21. The van der Waals surface area contributed by atoms with Gasteiger partial charge in [0.2, 0.25) is 0 Å². The number of hydrogen-bond donors (Lipinski definition) is 1. The topological polar surface area (TPSA) is 66.2 Å². The van der Waals surface area contributed by atoms with E-state index in [4.69, 9.17) is 5.73 Å². The Hall–Kier alpha value is 0.430. The summed E-state index contributed by atoms with van der Waals surface area (Å²) >= 11 is 0. The van der Waals surface area contributed by atoms with Crippen LogP contribution in [0.2, 0.25) is 0 Å². The summed E-state index contributed by atoms with van der Waals surface area (Å²) in [6.07, 6.45) is 5.50. The SMILES string of the molecule is NCC1(CC(=O)[O-])CCCCC1.[Na+]. The molecule has 0 amide bonds. The van der Waals surface area contributed by atoms with Gasteiger partial charge in [0.15, 0.2) is 0 Å². The Labute approximate surface area is 101 Å². The van der Waals surface area contributed by atoms with Gasteiger partial charge in [-0.2, -0.15) is 0 Å². The molecule has 2 N–H and O–H groups in total. The van der Waals surface area contributed by atoms with Crippen molar-refractivity contribution in [2.45, 2.75) is 38.5 Å². The summed E-state index contributed by atoms with van der Waals surface area (Å²) in [5, 5.41) is 10.5. The number of carbonyl (C=O) groups excluding carboxylic acids is 1. The van der Waals surface area contributed by atoms with Crippen molar-refractivity contribution >= 4 is 5.97 Å². The third-order valence-corrected chi connectivity index (χ3v) is 2.87. The number of nitrogens with two attached hydrogens (primary N) is 1. The molecule has 0 aromatic heterocycles. The van der Waals surface area contributed by atoms with Crippen LogP contribution in [0.4, 0.5) is 0 Å². The predicted octanol–water partition coefficient (Wildman–Crippen LogP) is -2.96. The van der Waals surface area contributed by atoms with E-state index in [1.165, 1.54) is 6.42 Å². The van der Waals surface area contributed by atoms with Gasteiger partial charge in [-0.15, -0.1) is 0 Å². The minimum Gasteiger partial charge on any atom is -0.550 e. The van der Waals surface area contributed by atoms with E-state index in [1.54, 1.807) is 0 Å². The van der Waals surface area contributed by atoms with Crippen LogP contribution in [0, 0.1) is 5.41 Å². The number of aliphatic carboxylic acids is 1. The molecular weight excluding hydrogens is 177 g/mol. The van der Waals surface area contributed by atoms with Crippen LogP contribution in [-0.2, 0) is 4.79 Å². The predicted molar refractivity (Wildman–Crippen MR) is 44.2 cm³/mol. The van der Waals surface area contributed by atoms with E-state index in [9.17, 15) is 9.90 Å². The smallest absolute Gasteiger partial charge is 0.550 e. The molecule has 1 aliphatic rings. The van der Waals surface area contributed by atoms with Crippen molar-refractivity contribution in [2.75, 3.05) is 6.54 Å². The van der Waals surface area contributed by atoms with Gasteiger partial charge in [0.1, 0.15) is 0 Å². The minimum absolute atomic E-state index is 0. The van der Waals surface area contributed by atoms with Crippen molar-refractivity contribution in [3.8, 4) is 0 Å². The van der Waals surface area contributed by atoms with Crippen LogP contribution < -0.4 is 40.4 Å².